The van der Waals surface area contributed by atoms with Crippen LogP contribution in [0.15, 0.2) is 52.4 Å². The van der Waals surface area contributed by atoms with E-state index in [-0.39, 0.29) is 22.2 Å². The van der Waals surface area contributed by atoms with E-state index in [2.05, 4.69) is 20.2 Å². The van der Waals surface area contributed by atoms with Crippen LogP contribution in [0.3, 0.4) is 0 Å². The van der Waals surface area contributed by atoms with Crippen molar-refractivity contribution in [2.24, 2.45) is 0 Å². The molecule has 1 aliphatic rings. The van der Waals surface area contributed by atoms with Gasteiger partial charge in [0, 0.05) is 31.7 Å². The number of H-pyrrole nitrogens is 1. The molecule has 172 valence electrons. The molecule has 3 aromatic rings. The Balaban J connectivity index is 1.36. The Morgan fingerprint density at radius 3 is 2.97 bits per heavy atom. The highest BCUT2D eigenvalue weighted by Gasteiger charge is 2.22. The maximum absolute atomic E-state index is 13.2. The molecule has 0 aliphatic carbocycles. The highest BCUT2D eigenvalue weighted by atomic mass is 35.5. The number of benzene rings is 2. The summed E-state index contributed by atoms with van der Waals surface area (Å²) in [4.78, 5) is 34.4. The first-order valence-electron chi connectivity index (χ1n) is 10.3. The van der Waals surface area contributed by atoms with E-state index >= 15 is 0 Å². The number of fused-ring (bicyclic) bond motifs is 1. The van der Waals surface area contributed by atoms with Crippen LogP contribution in [0.1, 0.15) is 16.8 Å². The minimum absolute atomic E-state index is 0.0404. The molecule has 1 aromatic heterocycles. The lowest BCUT2D eigenvalue weighted by Crippen LogP contribution is -2.35. The summed E-state index contributed by atoms with van der Waals surface area (Å²) in [5, 5.41) is 2.98. The Labute approximate surface area is 199 Å². The van der Waals surface area contributed by atoms with Crippen LogP contribution in [0, 0.1) is 5.82 Å². The van der Waals surface area contributed by atoms with Crippen molar-refractivity contribution in [2.45, 2.75) is 24.7 Å². The monoisotopic (exact) mass is 488 g/mol. The molecular formula is C23H22ClFN4O3S. The molecule has 0 atom stereocenters. The number of hydrogen-bond donors (Lipinski definition) is 2. The van der Waals surface area contributed by atoms with Crippen molar-refractivity contribution in [1.29, 1.82) is 0 Å². The Kier molecular flexibility index (Phi) is 7.32. The highest BCUT2D eigenvalue weighted by Crippen LogP contribution is 2.22. The standard InChI is InChI=1S/C23H22ClFN4O3S/c1-32-16-4-2-3-14(9-16)11-29-8-7-20-17(12-29)22(31)28-23(27-20)33-13-21(30)26-15-5-6-19(25)18(24)10-15/h2-6,9-10H,7-8,11-13H2,1H3,(H,26,30)(H,27,28,31). The van der Waals surface area contributed by atoms with Gasteiger partial charge in [0.25, 0.3) is 5.56 Å². The van der Waals surface area contributed by atoms with Crippen LogP contribution in [-0.2, 0) is 24.3 Å². The predicted octanol–water partition coefficient (Wildman–Crippen LogP) is 3.86. The summed E-state index contributed by atoms with van der Waals surface area (Å²) in [6.07, 6.45) is 0.650. The van der Waals surface area contributed by atoms with Crippen LogP contribution in [0.5, 0.6) is 5.75 Å². The number of carbonyl (C=O) groups is 1. The average molecular weight is 489 g/mol. The topological polar surface area (TPSA) is 87.3 Å². The molecule has 0 spiro atoms. The lowest BCUT2D eigenvalue weighted by Gasteiger charge is -2.27. The van der Waals surface area contributed by atoms with Crippen molar-refractivity contribution in [2.75, 3.05) is 24.7 Å². The fourth-order valence-corrected chi connectivity index (χ4v) is 4.46. The molecule has 2 aromatic carbocycles. The molecule has 0 radical (unpaired) electrons. The van der Waals surface area contributed by atoms with Crippen LogP contribution in [0.25, 0.3) is 0 Å². The highest BCUT2D eigenvalue weighted by molar-refractivity contribution is 7.99. The fraction of sp³-hybridized carbons (Fsp3) is 0.261. The minimum Gasteiger partial charge on any atom is -0.497 e. The summed E-state index contributed by atoms with van der Waals surface area (Å²) < 4.78 is 18.5. The number of methoxy groups -OCH3 is 1. The van der Waals surface area contributed by atoms with Crippen LogP contribution in [0.4, 0.5) is 10.1 Å². The molecule has 1 amide bonds. The molecule has 0 bridgehead atoms. The summed E-state index contributed by atoms with van der Waals surface area (Å²) in [6, 6.07) is 11.8. The summed E-state index contributed by atoms with van der Waals surface area (Å²) in [7, 11) is 1.64. The fourth-order valence-electron chi connectivity index (χ4n) is 3.60. The number of thioether (sulfide) groups is 1. The molecule has 0 unspecified atom stereocenters. The summed E-state index contributed by atoms with van der Waals surface area (Å²) in [5.41, 5.74) is 2.73. The van der Waals surface area contributed by atoms with Gasteiger partial charge in [0.1, 0.15) is 11.6 Å². The Morgan fingerprint density at radius 1 is 1.33 bits per heavy atom. The van der Waals surface area contributed by atoms with Crippen molar-refractivity contribution in [1.82, 2.24) is 14.9 Å². The second-order valence-corrected chi connectivity index (χ2v) is 8.95. The van der Waals surface area contributed by atoms with Gasteiger partial charge < -0.3 is 15.0 Å². The van der Waals surface area contributed by atoms with Crippen LogP contribution >= 0.6 is 23.4 Å². The SMILES string of the molecule is COc1cccc(CN2CCc3nc(SCC(=O)Nc4ccc(F)c(Cl)c4)[nH]c(=O)c3C2)c1. The molecule has 10 heteroatoms. The van der Waals surface area contributed by atoms with Gasteiger partial charge in [0.15, 0.2) is 5.16 Å². The number of aromatic amines is 1. The van der Waals surface area contributed by atoms with Crippen LogP contribution in [0.2, 0.25) is 5.02 Å². The summed E-state index contributed by atoms with van der Waals surface area (Å²) in [6.45, 7) is 1.99. The van der Waals surface area contributed by atoms with E-state index in [9.17, 15) is 14.0 Å². The maximum atomic E-state index is 13.2. The third kappa shape index (κ3) is 5.93. The Hall–Kier alpha value is -2.88. The normalized spacial score (nSPS) is 13.4. The van der Waals surface area contributed by atoms with Crippen molar-refractivity contribution in [3.05, 3.63) is 80.5 Å². The average Bonchev–Trinajstić information content (AvgIpc) is 2.81. The Bertz CT molecular complexity index is 1240. The van der Waals surface area contributed by atoms with Gasteiger partial charge in [0.2, 0.25) is 5.91 Å². The molecule has 2 heterocycles. The smallest absolute Gasteiger partial charge is 0.256 e. The van der Waals surface area contributed by atoms with Gasteiger partial charge in [-0.2, -0.15) is 0 Å². The van der Waals surface area contributed by atoms with Gasteiger partial charge >= 0.3 is 0 Å². The number of amides is 1. The third-order valence-corrected chi connectivity index (χ3v) is 6.37. The zero-order valence-electron chi connectivity index (χ0n) is 17.9. The second-order valence-electron chi connectivity index (χ2n) is 7.57. The number of rotatable bonds is 7. The third-order valence-electron chi connectivity index (χ3n) is 5.21. The molecule has 4 rings (SSSR count). The number of aromatic nitrogens is 2. The van der Waals surface area contributed by atoms with Gasteiger partial charge in [-0.3, -0.25) is 14.5 Å². The number of anilines is 1. The van der Waals surface area contributed by atoms with E-state index in [1.165, 1.54) is 18.2 Å². The lowest BCUT2D eigenvalue weighted by atomic mass is 10.1. The zero-order valence-corrected chi connectivity index (χ0v) is 19.4. The number of halogens is 2. The van der Waals surface area contributed by atoms with Crippen LogP contribution < -0.4 is 15.6 Å². The maximum Gasteiger partial charge on any atom is 0.256 e. The summed E-state index contributed by atoms with van der Waals surface area (Å²) in [5.74, 6) is -0.0225. The zero-order chi connectivity index (χ0) is 23.4. The van der Waals surface area contributed by atoms with E-state index in [4.69, 9.17) is 16.3 Å². The number of hydrogen-bond acceptors (Lipinski definition) is 6. The first-order chi connectivity index (χ1) is 15.9. The molecule has 0 fully saturated rings. The van der Waals surface area contributed by atoms with E-state index in [1.807, 2.05) is 24.3 Å². The molecular weight excluding hydrogens is 467 g/mol. The van der Waals surface area contributed by atoms with Gasteiger partial charge in [0.05, 0.1) is 29.1 Å². The predicted molar refractivity (Wildman–Crippen MR) is 126 cm³/mol. The minimum atomic E-state index is -0.554. The quantitative estimate of drug-likeness (QED) is 0.388. The van der Waals surface area contributed by atoms with Crippen LogP contribution in [-0.4, -0.2) is 40.2 Å². The van der Waals surface area contributed by atoms with E-state index in [0.29, 0.717) is 35.9 Å². The van der Waals surface area contributed by atoms with E-state index < -0.39 is 5.82 Å². The number of ether oxygens (including phenoxy) is 1. The van der Waals surface area contributed by atoms with Crippen molar-refractivity contribution in [3.63, 3.8) is 0 Å². The second kappa shape index (κ2) is 10.4. The largest absolute Gasteiger partial charge is 0.497 e. The van der Waals surface area contributed by atoms with Gasteiger partial charge in [-0.1, -0.05) is 35.5 Å². The van der Waals surface area contributed by atoms with Gasteiger partial charge in [-0.25, -0.2) is 9.37 Å². The van der Waals surface area contributed by atoms with Crippen molar-refractivity contribution < 1.29 is 13.9 Å². The van der Waals surface area contributed by atoms with Gasteiger partial charge in [-0.05, 0) is 35.9 Å². The van der Waals surface area contributed by atoms with Crippen molar-refractivity contribution >= 4 is 35.0 Å². The molecule has 0 saturated heterocycles. The van der Waals surface area contributed by atoms with E-state index in [1.54, 1.807) is 7.11 Å². The summed E-state index contributed by atoms with van der Waals surface area (Å²) >= 11 is 6.87. The number of carbonyl (C=O) groups excluding carboxylic acids is 1. The lowest BCUT2D eigenvalue weighted by molar-refractivity contribution is -0.113. The van der Waals surface area contributed by atoms with Gasteiger partial charge in [-0.15, -0.1) is 0 Å². The first-order valence-corrected chi connectivity index (χ1v) is 11.6. The molecule has 2 N–H and O–H groups in total. The molecule has 7 nitrogen and oxygen atoms in total. The molecule has 0 saturated carbocycles. The number of nitrogens with zero attached hydrogens (tertiary/aromatic N) is 2. The molecule has 33 heavy (non-hydrogen) atoms. The number of nitrogens with one attached hydrogen (secondary N) is 2. The van der Waals surface area contributed by atoms with Crippen molar-refractivity contribution in [3.8, 4) is 5.75 Å². The molecule has 1 aliphatic heterocycles. The Morgan fingerprint density at radius 2 is 2.18 bits per heavy atom. The van der Waals surface area contributed by atoms with E-state index in [0.717, 1.165) is 35.3 Å². The first kappa shape index (κ1) is 23.3.